The fourth-order valence-corrected chi connectivity index (χ4v) is 2.20. The summed E-state index contributed by atoms with van der Waals surface area (Å²) in [6.07, 6.45) is 1.98. The molecule has 130 valence electrons. The van der Waals surface area contributed by atoms with Crippen molar-refractivity contribution in [1.29, 1.82) is 0 Å². The van der Waals surface area contributed by atoms with Crippen LogP contribution in [-0.4, -0.2) is 50.7 Å². The lowest BCUT2D eigenvalue weighted by molar-refractivity contribution is -0.137. The smallest absolute Gasteiger partial charge is 0.330 e. The molecule has 24 heavy (non-hydrogen) atoms. The highest BCUT2D eigenvalue weighted by Gasteiger charge is 2.42. The van der Waals surface area contributed by atoms with E-state index in [0.29, 0.717) is 0 Å². The van der Waals surface area contributed by atoms with E-state index in [9.17, 15) is 24.6 Å². The highest BCUT2D eigenvalue weighted by atomic mass is 16.6. The fraction of sp³-hybridized carbons (Fsp3) is 0.400. The monoisotopic (exact) mass is 338 g/mol. The minimum Gasteiger partial charge on any atom is -0.463 e. The molecule has 0 aromatic carbocycles. The summed E-state index contributed by atoms with van der Waals surface area (Å²) in [4.78, 5) is 36.0. The fourth-order valence-electron chi connectivity index (χ4n) is 2.20. The van der Waals surface area contributed by atoms with Gasteiger partial charge in [-0.1, -0.05) is 18.2 Å². The third-order valence-electron chi connectivity index (χ3n) is 3.33. The average molecular weight is 338 g/mol. The van der Waals surface area contributed by atoms with E-state index in [1.807, 2.05) is 4.98 Å². The number of aromatic amines is 1. The van der Waals surface area contributed by atoms with Gasteiger partial charge in [-0.2, -0.15) is 0 Å². The Kier molecular flexibility index (Phi) is 5.85. The van der Waals surface area contributed by atoms with Crippen molar-refractivity contribution >= 4 is 5.97 Å². The SMILES string of the molecule is CCOC(=O)/C=C/C=C/[C@H]1OC(n2ccc(=O)[nH]c2=O)[C@H](O)[C@@H]1O. The highest BCUT2D eigenvalue weighted by molar-refractivity contribution is 5.82. The summed E-state index contributed by atoms with van der Waals surface area (Å²) >= 11 is 0. The first kappa shape index (κ1) is 17.9. The first-order valence-corrected chi connectivity index (χ1v) is 7.28. The molecule has 9 nitrogen and oxygen atoms in total. The number of ether oxygens (including phenoxy) is 2. The molecular formula is C15H18N2O7. The molecule has 1 aromatic heterocycles. The van der Waals surface area contributed by atoms with Crippen LogP contribution in [0.4, 0.5) is 0 Å². The number of esters is 1. The van der Waals surface area contributed by atoms with Crippen LogP contribution < -0.4 is 11.2 Å². The molecule has 2 rings (SSSR count). The molecule has 1 aromatic rings. The van der Waals surface area contributed by atoms with Crippen molar-refractivity contribution < 1.29 is 24.5 Å². The van der Waals surface area contributed by atoms with Gasteiger partial charge in [-0.3, -0.25) is 14.3 Å². The number of aliphatic hydroxyl groups excluding tert-OH is 2. The van der Waals surface area contributed by atoms with Crippen LogP contribution >= 0.6 is 0 Å². The van der Waals surface area contributed by atoms with Crippen LogP contribution in [0.25, 0.3) is 0 Å². The Bertz CT molecular complexity index is 749. The minimum atomic E-state index is -1.36. The maximum Gasteiger partial charge on any atom is 0.330 e. The molecule has 0 saturated carbocycles. The zero-order valence-electron chi connectivity index (χ0n) is 12.9. The maximum absolute atomic E-state index is 11.7. The molecule has 0 amide bonds. The number of nitrogens with zero attached hydrogens (tertiary/aromatic N) is 1. The van der Waals surface area contributed by atoms with E-state index in [1.54, 1.807) is 6.92 Å². The molecule has 1 aliphatic rings. The van der Waals surface area contributed by atoms with Gasteiger partial charge in [-0.15, -0.1) is 0 Å². The normalized spacial score (nSPS) is 27.1. The molecule has 1 fully saturated rings. The molecule has 1 saturated heterocycles. The molecule has 0 aliphatic carbocycles. The van der Waals surface area contributed by atoms with Crippen LogP contribution in [0.2, 0.25) is 0 Å². The van der Waals surface area contributed by atoms with Gasteiger partial charge in [-0.25, -0.2) is 9.59 Å². The second-order valence-electron chi connectivity index (χ2n) is 4.99. The first-order valence-electron chi connectivity index (χ1n) is 7.28. The lowest BCUT2D eigenvalue weighted by Crippen LogP contribution is -2.37. The number of carbonyl (C=O) groups is 1. The Morgan fingerprint density at radius 1 is 1.38 bits per heavy atom. The zero-order valence-corrected chi connectivity index (χ0v) is 12.9. The van der Waals surface area contributed by atoms with Crippen LogP contribution in [0.3, 0.4) is 0 Å². The van der Waals surface area contributed by atoms with Crippen molar-refractivity contribution in [2.45, 2.75) is 31.5 Å². The van der Waals surface area contributed by atoms with Gasteiger partial charge < -0.3 is 19.7 Å². The third-order valence-corrected chi connectivity index (χ3v) is 3.33. The largest absolute Gasteiger partial charge is 0.463 e. The number of nitrogens with one attached hydrogen (secondary N) is 1. The molecule has 9 heteroatoms. The average Bonchev–Trinajstić information content (AvgIpc) is 2.80. The van der Waals surface area contributed by atoms with E-state index in [0.717, 1.165) is 10.6 Å². The van der Waals surface area contributed by atoms with Gasteiger partial charge in [0.15, 0.2) is 6.23 Å². The number of aliphatic hydroxyl groups is 2. The summed E-state index contributed by atoms with van der Waals surface area (Å²) < 4.78 is 11.1. The number of carbonyl (C=O) groups excluding carboxylic acids is 1. The third kappa shape index (κ3) is 4.07. The molecule has 4 atom stereocenters. The summed E-state index contributed by atoms with van der Waals surface area (Å²) in [6, 6.07) is 1.11. The van der Waals surface area contributed by atoms with Crippen molar-refractivity contribution in [1.82, 2.24) is 9.55 Å². The van der Waals surface area contributed by atoms with E-state index in [-0.39, 0.29) is 6.61 Å². The topological polar surface area (TPSA) is 131 Å². The molecule has 1 unspecified atom stereocenters. The molecular weight excluding hydrogens is 320 g/mol. The number of rotatable bonds is 5. The van der Waals surface area contributed by atoms with E-state index in [1.165, 1.54) is 30.5 Å². The standard InChI is InChI=1S/C15H18N2O7/c1-2-23-11(19)6-4-3-5-9-12(20)13(21)14(24-9)17-8-7-10(18)16-15(17)22/h3-9,12-14,20-21H,2H2,1H3,(H,16,18,22)/b5-3+,6-4+/t9-,12-,13-,14?/m1/s1. The summed E-state index contributed by atoms with van der Waals surface area (Å²) in [5.74, 6) is -0.507. The Morgan fingerprint density at radius 3 is 2.79 bits per heavy atom. The second-order valence-corrected chi connectivity index (χ2v) is 4.99. The Morgan fingerprint density at radius 2 is 2.12 bits per heavy atom. The minimum absolute atomic E-state index is 0.263. The molecule has 0 spiro atoms. The van der Waals surface area contributed by atoms with Crippen molar-refractivity contribution in [2.24, 2.45) is 0 Å². The van der Waals surface area contributed by atoms with Gasteiger partial charge >= 0.3 is 11.7 Å². The summed E-state index contributed by atoms with van der Waals surface area (Å²) in [5.41, 5.74) is -1.34. The van der Waals surface area contributed by atoms with Gasteiger partial charge in [0.25, 0.3) is 5.56 Å². The van der Waals surface area contributed by atoms with Gasteiger partial charge in [0.2, 0.25) is 0 Å². The van der Waals surface area contributed by atoms with Gasteiger partial charge in [0.1, 0.15) is 18.3 Å². The molecule has 2 heterocycles. The number of H-pyrrole nitrogens is 1. The van der Waals surface area contributed by atoms with Crippen LogP contribution in [0, 0.1) is 0 Å². The lowest BCUT2D eigenvalue weighted by atomic mass is 10.1. The van der Waals surface area contributed by atoms with E-state index >= 15 is 0 Å². The predicted octanol–water partition coefficient (Wildman–Crippen LogP) is -1.17. The lowest BCUT2D eigenvalue weighted by Gasteiger charge is -2.16. The van der Waals surface area contributed by atoms with Crippen molar-refractivity contribution in [3.05, 3.63) is 57.4 Å². The number of allylic oxidation sites excluding steroid dienone is 2. The molecule has 0 radical (unpaired) electrons. The Labute approximate surface area is 136 Å². The number of hydrogen-bond donors (Lipinski definition) is 3. The van der Waals surface area contributed by atoms with Crippen LogP contribution in [0.15, 0.2) is 46.2 Å². The van der Waals surface area contributed by atoms with Crippen molar-refractivity contribution in [3.63, 3.8) is 0 Å². The van der Waals surface area contributed by atoms with Crippen LogP contribution in [0.5, 0.6) is 0 Å². The van der Waals surface area contributed by atoms with Crippen molar-refractivity contribution in [2.75, 3.05) is 6.61 Å². The van der Waals surface area contributed by atoms with Gasteiger partial charge in [0, 0.05) is 18.3 Å². The number of hydrogen-bond acceptors (Lipinski definition) is 7. The van der Waals surface area contributed by atoms with E-state index in [2.05, 4.69) is 0 Å². The summed E-state index contributed by atoms with van der Waals surface area (Å²) in [5, 5.41) is 20.0. The zero-order chi connectivity index (χ0) is 17.7. The van der Waals surface area contributed by atoms with Crippen LogP contribution in [0.1, 0.15) is 13.2 Å². The second kappa shape index (κ2) is 7.86. The maximum atomic E-state index is 11.7. The summed E-state index contributed by atoms with van der Waals surface area (Å²) in [7, 11) is 0. The van der Waals surface area contributed by atoms with Crippen LogP contribution in [-0.2, 0) is 14.3 Å². The highest BCUT2D eigenvalue weighted by Crippen LogP contribution is 2.28. The first-order chi connectivity index (χ1) is 11.4. The quantitative estimate of drug-likeness (QED) is 0.350. The van der Waals surface area contributed by atoms with Gasteiger partial charge in [0.05, 0.1) is 6.61 Å². The predicted molar refractivity (Wildman–Crippen MR) is 82.2 cm³/mol. The Hall–Kier alpha value is -2.49. The molecule has 0 bridgehead atoms. The van der Waals surface area contributed by atoms with E-state index in [4.69, 9.17) is 9.47 Å². The van der Waals surface area contributed by atoms with E-state index < -0.39 is 41.8 Å². The molecule has 1 aliphatic heterocycles. The summed E-state index contributed by atoms with van der Waals surface area (Å²) in [6.45, 7) is 1.95. The Balaban J connectivity index is 2.08. The number of aromatic nitrogens is 2. The molecule has 3 N–H and O–H groups in total. The van der Waals surface area contributed by atoms with Gasteiger partial charge in [-0.05, 0) is 6.92 Å². The van der Waals surface area contributed by atoms with Crippen molar-refractivity contribution in [3.8, 4) is 0 Å².